The molecule has 0 saturated heterocycles. The van der Waals surface area contributed by atoms with Crippen LogP contribution >= 0.6 is 15.8 Å². The molecule has 0 aromatic heterocycles. The van der Waals surface area contributed by atoms with Gasteiger partial charge in [-0.2, -0.15) is 0 Å². The quantitative estimate of drug-likeness (QED) is 0.560. The molecule has 0 radical (unpaired) electrons. The largest absolute Gasteiger partial charge is 0.123 e. The Labute approximate surface area is 76.7 Å². The molecular formula is C9H27P2+. The van der Waals surface area contributed by atoms with E-state index in [1.165, 1.54) is 0 Å². The summed E-state index contributed by atoms with van der Waals surface area (Å²) < 4.78 is 0. The van der Waals surface area contributed by atoms with Crippen molar-refractivity contribution >= 4 is 15.8 Å². The summed E-state index contributed by atoms with van der Waals surface area (Å²) in [7, 11) is 0.725. The highest BCUT2D eigenvalue weighted by Crippen LogP contribution is 2.40. The van der Waals surface area contributed by atoms with Crippen molar-refractivity contribution in [2.24, 2.45) is 0 Å². The Morgan fingerprint density at radius 2 is 1.09 bits per heavy atom. The Bertz CT molecular complexity index is 56.5. The Morgan fingerprint density at radius 1 is 1.00 bits per heavy atom. The van der Waals surface area contributed by atoms with Gasteiger partial charge in [-0.3, -0.25) is 0 Å². The fourth-order valence-corrected chi connectivity index (χ4v) is 0. The average Bonchev–Trinajstić information content (AvgIpc) is 1.61. The standard InChI is InChI=1S/C4H12P.C4H11P.CH4/c1-5(2,3)4;1-4(2)5-3;/h1-4H3;4-5H,1-3H3;1H4/q+1;;. The van der Waals surface area contributed by atoms with Gasteiger partial charge >= 0.3 is 0 Å². The highest BCUT2D eigenvalue weighted by Gasteiger charge is 2.03. The molecule has 1 unspecified atom stereocenters. The highest BCUT2D eigenvalue weighted by molar-refractivity contribution is 7.73. The van der Waals surface area contributed by atoms with Gasteiger partial charge in [0.1, 0.15) is 0 Å². The van der Waals surface area contributed by atoms with Crippen molar-refractivity contribution < 1.29 is 0 Å². The Morgan fingerprint density at radius 3 is 1.09 bits per heavy atom. The molecule has 0 aliphatic rings. The summed E-state index contributed by atoms with van der Waals surface area (Å²) in [5.41, 5.74) is 0.912. The van der Waals surface area contributed by atoms with Crippen LogP contribution in [0.25, 0.3) is 0 Å². The zero-order valence-corrected chi connectivity index (χ0v) is 10.4. The van der Waals surface area contributed by atoms with Crippen LogP contribution in [0.4, 0.5) is 0 Å². The summed E-state index contributed by atoms with van der Waals surface area (Å²) in [6, 6.07) is 0. The van der Waals surface area contributed by atoms with E-state index in [1.54, 1.807) is 0 Å². The lowest BCUT2D eigenvalue weighted by Crippen LogP contribution is -1.76. The first kappa shape index (κ1) is 17.8. The minimum atomic E-state index is -0.389. The Balaban J connectivity index is -0.000000107. The minimum Gasteiger partial charge on any atom is -0.123 e. The van der Waals surface area contributed by atoms with Crippen molar-refractivity contribution in [3.8, 4) is 0 Å². The van der Waals surface area contributed by atoms with E-state index in [4.69, 9.17) is 0 Å². The predicted molar refractivity (Wildman–Crippen MR) is 66.7 cm³/mol. The Kier molecular flexibility index (Phi) is 14.5. The topological polar surface area (TPSA) is 0 Å². The maximum absolute atomic E-state index is 2.30. The molecule has 11 heavy (non-hydrogen) atoms. The smallest absolute Gasteiger partial charge is 0.0481 e. The van der Waals surface area contributed by atoms with Crippen LogP contribution in [0.2, 0.25) is 0 Å². The van der Waals surface area contributed by atoms with Crippen LogP contribution in [-0.4, -0.2) is 39.0 Å². The van der Waals surface area contributed by atoms with Crippen LogP contribution in [0.15, 0.2) is 0 Å². The molecule has 0 heterocycles. The highest BCUT2D eigenvalue weighted by atomic mass is 31.2. The second-order valence-electron chi connectivity index (χ2n) is 4.13. The molecule has 72 valence electrons. The van der Waals surface area contributed by atoms with Gasteiger partial charge in [0, 0.05) is 33.9 Å². The zero-order chi connectivity index (χ0) is 8.78. The molecule has 2 heteroatoms. The van der Waals surface area contributed by atoms with Gasteiger partial charge in [0.15, 0.2) is 0 Å². The van der Waals surface area contributed by atoms with Gasteiger partial charge in [-0.25, -0.2) is 0 Å². The second kappa shape index (κ2) is 8.95. The first-order valence-corrected chi connectivity index (χ1v) is 8.89. The summed E-state index contributed by atoms with van der Waals surface area (Å²) >= 11 is 0. The van der Waals surface area contributed by atoms with E-state index in [2.05, 4.69) is 47.2 Å². The molecule has 0 aromatic carbocycles. The van der Waals surface area contributed by atoms with Crippen molar-refractivity contribution in [3.05, 3.63) is 0 Å². The lowest BCUT2D eigenvalue weighted by Gasteiger charge is -1.97. The van der Waals surface area contributed by atoms with Crippen molar-refractivity contribution in [1.82, 2.24) is 0 Å². The molecular weight excluding hydrogens is 170 g/mol. The van der Waals surface area contributed by atoms with Gasteiger partial charge in [0.05, 0.1) is 0 Å². The third-order valence-electron chi connectivity index (χ3n) is 0.577. The van der Waals surface area contributed by atoms with Crippen molar-refractivity contribution in [2.45, 2.75) is 26.9 Å². The molecule has 0 amide bonds. The van der Waals surface area contributed by atoms with E-state index < -0.39 is 0 Å². The summed E-state index contributed by atoms with van der Waals surface area (Å²) in [5.74, 6) is 0. The molecule has 0 aromatic rings. The molecule has 0 spiro atoms. The SMILES string of the molecule is C.CPC(C)C.C[P+](C)(C)C. The third kappa shape index (κ3) is 104. The van der Waals surface area contributed by atoms with E-state index in [9.17, 15) is 0 Å². The van der Waals surface area contributed by atoms with Crippen LogP contribution in [0, 0.1) is 0 Å². The van der Waals surface area contributed by atoms with E-state index >= 15 is 0 Å². The summed E-state index contributed by atoms with van der Waals surface area (Å²) in [6.45, 7) is 15.9. The van der Waals surface area contributed by atoms with Crippen LogP contribution in [0.3, 0.4) is 0 Å². The van der Waals surface area contributed by atoms with Gasteiger partial charge in [0.2, 0.25) is 0 Å². The van der Waals surface area contributed by atoms with Crippen molar-refractivity contribution in [1.29, 1.82) is 0 Å². The minimum absolute atomic E-state index is 0. The normalized spacial score (nSPS) is 10.9. The van der Waals surface area contributed by atoms with E-state index in [-0.39, 0.29) is 14.7 Å². The number of hydrogen-bond acceptors (Lipinski definition) is 0. The molecule has 0 fully saturated rings. The van der Waals surface area contributed by atoms with Crippen LogP contribution < -0.4 is 0 Å². The predicted octanol–water partition coefficient (Wildman–Crippen LogP) is 3.86. The first-order chi connectivity index (χ1) is 4.27. The molecule has 1 atom stereocenters. The van der Waals surface area contributed by atoms with Crippen molar-refractivity contribution in [2.75, 3.05) is 33.3 Å². The summed E-state index contributed by atoms with van der Waals surface area (Å²) in [5, 5.41) is 0. The molecule has 0 aliphatic heterocycles. The lowest BCUT2D eigenvalue weighted by molar-refractivity contribution is 1.11. The van der Waals surface area contributed by atoms with Crippen LogP contribution in [0.5, 0.6) is 0 Å². The molecule has 0 saturated carbocycles. The molecule has 0 aliphatic carbocycles. The Hall–Kier alpha value is 0.860. The molecule has 0 rings (SSSR count). The number of hydrogen-bond donors (Lipinski definition) is 0. The second-order valence-corrected chi connectivity index (χ2v) is 11.2. The zero-order valence-electron chi connectivity index (χ0n) is 8.52. The average molecular weight is 197 g/mol. The molecule has 0 N–H and O–H groups in total. The summed E-state index contributed by atoms with van der Waals surface area (Å²) in [6.07, 6.45) is 0. The van der Waals surface area contributed by atoms with E-state index in [0.717, 1.165) is 14.2 Å². The molecule has 0 nitrogen and oxygen atoms in total. The van der Waals surface area contributed by atoms with Crippen LogP contribution in [-0.2, 0) is 0 Å². The monoisotopic (exact) mass is 197 g/mol. The maximum atomic E-state index is 2.30. The van der Waals surface area contributed by atoms with Gasteiger partial charge in [-0.05, 0) is 12.3 Å². The van der Waals surface area contributed by atoms with Gasteiger partial charge < -0.3 is 0 Å². The number of rotatable bonds is 1. The first-order valence-electron chi connectivity index (χ1n) is 3.73. The maximum Gasteiger partial charge on any atom is 0.0481 e. The molecule has 0 bridgehead atoms. The van der Waals surface area contributed by atoms with Gasteiger partial charge in [0.25, 0.3) is 0 Å². The van der Waals surface area contributed by atoms with E-state index in [0.29, 0.717) is 0 Å². The fourth-order valence-electron chi connectivity index (χ4n) is 0. The van der Waals surface area contributed by atoms with Crippen molar-refractivity contribution in [3.63, 3.8) is 0 Å². The summed E-state index contributed by atoms with van der Waals surface area (Å²) in [4.78, 5) is 0. The fraction of sp³-hybridized carbons (Fsp3) is 1.00. The van der Waals surface area contributed by atoms with Gasteiger partial charge in [-0.1, -0.05) is 21.3 Å². The van der Waals surface area contributed by atoms with Crippen LogP contribution in [0.1, 0.15) is 21.3 Å². The van der Waals surface area contributed by atoms with E-state index in [1.807, 2.05) is 0 Å². The van der Waals surface area contributed by atoms with Gasteiger partial charge in [-0.15, -0.1) is 8.58 Å². The third-order valence-corrected chi connectivity index (χ3v) is 1.73. The lowest BCUT2D eigenvalue weighted by atomic mass is 10.6.